The van der Waals surface area contributed by atoms with Crippen LogP contribution in [0.25, 0.3) is 0 Å². The predicted octanol–water partition coefficient (Wildman–Crippen LogP) is 2.32. The third-order valence-electron chi connectivity index (χ3n) is 3.73. The molecule has 3 rings (SSSR count). The highest BCUT2D eigenvalue weighted by atomic mass is 16.3. The van der Waals surface area contributed by atoms with E-state index in [0.717, 1.165) is 11.1 Å². The molecule has 0 aliphatic rings. The van der Waals surface area contributed by atoms with Gasteiger partial charge in [0.1, 0.15) is 17.3 Å². The Morgan fingerprint density at radius 2 is 2.00 bits per heavy atom. The SMILES string of the molecule is Cc1ccc(CNC(=O)Nc2nc(Cc3ccco3)[nH]c2C(N)=O)cc1. The number of nitrogens with one attached hydrogen (secondary N) is 3. The Labute approximate surface area is 149 Å². The number of aromatic amines is 1. The number of urea groups is 1. The summed E-state index contributed by atoms with van der Waals surface area (Å²) in [6.45, 7) is 2.34. The topological polar surface area (TPSA) is 126 Å². The van der Waals surface area contributed by atoms with Crippen molar-refractivity contribution in [3.63, 3.8) is 0 Å². The van der Waals surface area contributed by atoms with E-state index in [1.807, 2.05) is 31.2 Å². The van der Waals surface area contributed by atoms with Crippen LogP contribution in [0.4, 0.5) is 10.6 Å². The molecule has 5 N–H and O–H groups in total. The second kappa shape index (κ2) is 7.56. The van der Waals surface area contributed by atoms with Crippen molar-refractivity contribution >= 4 is 17.8 Å². The Bertz CT molecular complexity index is 898. The summed E-state index contributed by atoms with van der Waals surface area (Å²) in [5.74, 6) is 0.505. The molecule has 3 amide bonds. The second-order valence-electron chi connectivity index (χ2n) is 5.82. The lowest BCUT2D eigenvalue weighted by molar-refractivity contribution is 0.0997. The minimum atomic E-state index is -0.711. The summed E-state index contributed by atoms with van der Waals surface area (Å²) in [5.41, 5.74) is 7.49. The standard InChI is InChI=1S/C18H19N5O3/c1-11-4-6-12(7-5-11)10-20-18(25)23-17-15(16(19)24)21-14(22-17)9-13-3-2-8-26-13/h2-8H,9-10H2,1H3,(H2,19,24)(H,21,22)(H2,20,23,25). The van der Waals surface area contributed by atoms with Crippen LogP contribution in [-0.4, -0.2) is 21.9 Å². The summed E-state index contributed by atoms with van der Waals surface area (Å²) in [6, 6.07) is 10.9. The fraction of sp³-hybridized carbons (Fsp3) is 0.167. The number of imidazole rings is 1. The molecule has 3 aromatic rings. The van der Waals surface area contributed by atoms with Gasteiger partial charge in [-0.25, -0.2) is 9.78 Å². The Balaban J connectivity index is 1.65. The summed E-state index contributed by atoms with van der Waals surface area (Å²) >= 11 is 0. The van der Waals surface area contributed by atoms with Gasteiger partial charge in [-0.2, -0.15) is 0 Å². The Morgan fingerprint density at radius 3 is 2.65 bits per heavy atom. The van der Waals surface area contributed by atoms with Gasteiger partial charge in [0.15, 0.2) is 5.82 Å². The molecule has 2 aromatic heterocycles. The van der Waals surface area contributed by atoms with Crippen LogP contribution in [0.15, 0.2) is 47.1 Å². The van der Waals surface area contributed by atoms with E-state index in [9.17, 15) is 9.59 Å². The van der Waals surface area contributed by atoms with E-state index < -0.39 is 11.9 Å². The van der Waals surface area contributed by atoms with Crippen LogP contribution in [-0.2, 0) is 13.0 Å². The molecule has 2 heterocycles. The third-order valence-corrected chi connectivity index (χ3v) is 3.73. The first-order valence-corrected chi connectivity index (χ1v) is 8.02. The average Bonchev–Trinajstić information content (AvgIpc) is 3.25. The first kappa shape index (κ1) is 17.3. The molecular weight excluding hydrogens is 334 g/mol. The lowest BCUT2D eigenvalue weighted by Gasteiger charge is -2.07. The van der Waals surface area contributed by atoms with Crippen molar-refractivity contribution in [2.24, 2.45) is 5.73 Å². The number of hydrogen-bond donors (Lipinski definition) is 4. The number of nitrogens with zero attached hydrogens (tertiary/aromatic N) is 1. The van der Waals surface area contributed by atoms with Crippen molar-refractivity contribution in [2.75, 3.05) is 5.32 Å². The van der Waals surface area contributed by atoms with Crippen LogP contribution < -0.4 is 16.4 Å². The normalized spacial score (nSPS) is 10.5. The van der Waals surface area contributed by atoms with Crippen LogP contribution in [0.3, 0.4) is 0 Å². The number of aromatic nitrogens is 2. The number of nitrogens with two attached hydrogens (primary N) is 1. The number of anilines is 1. The number of carbonyl (C=O) groups is 2. The van der Waals surface area contributed by atoms with Gasteiger partial charge in [0, 0.05) is 6.54 Å². The van der Waals surface area contributed by atoms with Gasteiger partial charge in [0.25, 0.3) is 5.91 Å². The zero-order valence-electron chi connectivity index (χ0n) is 14.2. The molecule has 0 spiro atoms. The molecule has 26 heavy (non-hydrogen) atoms. The maximum atomic E-state index is 12.1. The second-order valence-corrected chi connectivity index (χ2v) is 5.82. The molecular formula is C18H19N5O3. The van der Waals surface area contributed by atoms with Crippen molar-refractivity contribution in [3.05, 3.63) is 71.1 Å². The number of amides is 3. The van der Waals surface area contributed by atoms with Crippen LogP contribution in [0.5, 0.6) is 0 Å². The minimum absolute atomic E-state index is 0.0389. The molecule has 0 radical (unpaired) electrons. The van der Waals surface area contributed by atoms with Gasteiger partial charge < -0.3 is 20.5 Å². The highest BCUT2D eigenvalue weighted by Crippen LogP contribution is 2.15. The van der Waals surface area contributed by atoms with Crippen LogP contribution >= 0.6 is 0 Å². The number of primary amides is 1. The quantitative estimate of drug-likeness (QED) is 0.542. The van der Waals surface area contributed by atoms with E-state index >= 15 is 0 Å². The van der Waals surface area contributed by atoms with Crippen molar-refractivity contribution in [2.45, 2.75) is 19.9 Å². The molecule has 0 saturated carbocycles. The maximum absolute atomic E-state index is 12.1. The smallest absolute Gasteiger partial charge is 0.320 e. The van der Waals surface area contributed by atoms with Crippen molar-refractivity contribution < 1.29 is 14.0 Å². The zero-order valence-corrected chi connectivity index (χ0v) is 14.2. The summed E-state index contributed by atoms with van der Waals surface area (Å²) in [6.07, 6.45) is 1.89. The first-order chi connectivity index (χ1) is 12.5. The lowest BCUT2D eigenvalue weighted by Crippen LogP contribution is -2.29. The Hall–Kier alpha value is -3.55. The molecule has 0 aliphatic carbocycles. The van der Waals surface area contributed by atoms with E-state index in [1.165, 1.54) is 0 Å². The van der Waals surface area contributed by atoms with Crippen LogP contribution in [0.2, 0.25) is 0 Å². The van der Waals surface area contributed by atoms with E-state index in [2.05, 4.69) is 20.6 Å². The van der Waals surface area contributed by atoms with Gasteiger partial charge in [-0.05, 0) is 24.6 Å². The number of carbonyl (C=O) groups excluding carboxylic acids is 2. The van der Waals surface area contributed by atoms with Crippen LogP contribution in [0.1, 0.15) is 33.2 Å². The minimum Gasteiger partial charge on any atom is -0.469 e. The number of rotatable bonds is 6. The number of aryl methyl sites for hydroxylation is 1. The largest absolute Gasteiger partial charge is 0.469 e. The predicted molar refractivity (Wildman–Crippen MR) is 95.7 cm³/mol. The summed E-state index contributed by atoms with van der Waals surface area (Å²) < 4.78 is 5.25. The average molecular weight is 353 g/mol. The number of benzene rings is 1. The zero-order chi connectivity index (χ0) is 18.5. The highest BCUT2D eigenvalue weighted by Gasteiger charge is 2.17. The van der Waals surface area contributed by atoms with E-state index in [4.69, 9.17) is 10.2 Å². The fourth-order valence-corrected chi connectivity index (χ4v) is 2.39. The molecule has 0 aliphatic heterocycles. The fourth-order valence-electron chi connectivity index (χ4n) is 2.39. The molecule has 0 bridgehead atoms. The molecule has 1 aromatic carbocycles. The summed E-state index contributed by atoms with van der Waals surface area (Å²) in [4.78, 5) is 30.7. The molecule has 0 unspecified atom stereocenters. The van der Waals surface area contributed by atoms with E-state index in [0.29, 0.717) is 24.6 Å². The monoisotopic (exact) mass is 353 g/mol. The third kappa shape index (κ3) is 4.29. The van der Waals surface area contributed by atoms with Gasteiger partial charge in [-0.1, -0.05) is 29.8 Å². The van der Waals surface area contributed by atoms with E-state index in [1.54, 1.807) is 18.4 Å². The first-order valence-electron chi connectivity index (χ1n) is 8.02. The van der Waals surface area contributed by atoms with Crippen molar-refractivity contribution in [1.29, 1.82) is 0 Å². The maximum Gasteiger partial charge on any atom is 0.320 e. The van der Waals surface area contributed by atoms with Gasteiger partial charge in [0.2, 0.25) is 0 Å². The van der Waals surface area contributed by atoms with Crippen molar-refractivity contribution in [3.8, 4) is 0 Å². The number of furan rings is 1. The molecule has 0 fully saturated rings. The number of hydrogen-bond acceptors (Lipinski definition) is 4. The molecule has 0 atom stereocenters. The van der Waals surface area contributed by atoms with Gasteiger partial charge in [-0.15, -0.1) is 0 Å². The van der Waals surface area contributed by atoms with Crippen molar-refractivity contribution in [1.82, 2.24) is 15.3 Å². The van der Waals surface area contributed by atoms with E-state index in [-0.39, 0.29) is 11.5 Å². The van der Waals surface area contributed by atoms with Gasteiger partial charge >= 0.3 is 6.03 Å². The summed E-state index contributed by atoms with van der Waals surface area (Å²) in [7, 11) is 0. The number of H-pyrrole nitrogens is 1. The molecule has 8 nitrogen and oxygen atoms in total. The molecule has 134 valence electrons. The van der Waals surface area contributed by atoms with Gasteiger partial charge in [-0.3, -0.25) is 10.1 Å². The summed E-state index contributed by atoms with van der Waals surface area (Å²) in [5, 5.41) is 5.26. The lowest BCUT2D eigenvalue weighted by atomic mass is 10.1. The molecule has 8 heteroatoms. The highest BCUT2D eigenvalue weighted by molar-refractivity contribution is 6.00. The Morgan fingerprint density at radius 1 is 1.23 bits per heavy atom. The van der Waals surface area contributed by atoms with Gasteiger partial charge in [0.05, 0.1) is 12.7 Å². The molecule has 0 saturated heterocycles. The van der Waals surface area contributed by atoms with Crippen LogP contribution in [0, 0.1) is 6.92 Å². The Kier molecular flexibility index (Phi) is 5.02.